The molecule has 0 N–H and O–H groups in total. The van der Waals surface area contributed by atoms with Gasteiger partial charge >= 0.3 is 0 Å². The third-order valence-electron chi connectivity index (χ3n) is 2.87. The minimum Gasteiger partial charge on any atom is -0.259 e. The van der Waals surface area contributed by atoms with Crippen molar-refractivity contribution in [1.29, 1.82) is 0 Å². The molecule has 0 saturated heterocycles. The Morgan fingerprint density at radius 2 is 2.07 bits per heavy atom. The summed E-state index contributed by atoms with van der Waals surface area (Å²) in [7, 11) is 2.10. The van der Waals surface area contributed by atoms with Crippen LogP contribution in [0.3, 0.4) is 0 Å². The molecule has 0 aromatic carbocycles. The summed E-state index contributed by atoms with van der Waals surface area (Å²) in [5, 5.41) is 0. The molecule has 0 bridgehead atoms. The van der Waals surface area contributed by atoms with Crippen molar-refractivity contribution >= 4 is 12.7 Å². The second-order valence-corrected chi connectivity index (χ2v) is 4.25. The predicted molar refractivity (Wildman–Crippen MR) is 68.4 cm³/mol. The third-order valence-corrected chi connectivity index (χ3v) is 2.87. The standard InChI is InChI=1S/C13H21BN/c1-7-11-12(8(2)3)9(4)15-10(5)13(11)14-6/h8H,7H2,1-6H3/i5D. The highest BCUT2D eigenvalue weighted by Gasteiger charge is 2.15. The number of aromatic nitrogens is 1. The van der Waals surface area contributed by atoms with E-state index in [4.69, 9.17) is 1.37 Å². The van der Waals surface area contributed by atoms with E-state index in [1.807, 2.05) is 6.82 Å². The second-order valence-electron chi connectivity index (χ2n) is 4.25. The van der Waals surface area contributed by atoms with Crippen LogP contribution < -0.4 is 5.46 Å². The second kappa shape index (κ2) is 4.83. The fourth-order valence-electron chi connectivity index (χ4n) is 2.35. The Hall–Kier alpha value is -0.785. The first kappa shape index (κ1) is 10.7. The SMILES string of the molecule is [2H]Cc1nc(C)c(C(C)C)c(CC)c1[B]C. The monoisotopic (exact) mass is 203 g/mol. The molecule has 15 heavy (non-hydrogen) atoms. The molecule has 0 unspecified atom stereocenters. The summed E-state index contributed by atoms with van der Waals surface area (Å²) in [6.07, 6.45) is 1.02. The van der Waals surface area contributed by atoms with E-state index >= 15 is 0 Å². The zero-order chi connectivity index (χ0) is 12.3. The van der Waals surface area contributed by atoms with E-state index in [0.29, 0.717) is 5.92 Å². The fraction of sp³-hybridized carbons (Fsp3) is 0.615. The highest BCUT2D eigenvalue weighted by molar-refractivity contribution is 6.53. The number of nitrogens with zero attached hydrogens (tertiary/aromatic N) is 1. The molecule has 0 fully saturated rings. The van der Waals surface area contributed by atoms with E-state index in [1.165, 1.54) is 16.6 Å². The lowest BCUT2D eigenvalue weighted by Crippen LogP contribution is -2.25. The summed E-state index contributed by atoms with van der Waals surface area (Å²) in [5.41, 5.74) is 5.95. The number of hydrogen-bond acceptors (Lipinski definition) is 1. The fourth-order valence-corrected chi connectivity index (χ4v) is 2.35. The Kier molecular flexibility index (Phi) is 3.45. The summed E-state index contributed by atoms with van der Waals surface area (Å²) >= 11 is 0. The maximum absolute atomic E-state index is 7.55. The summed E-state index contributed by atoms with van der Waals surface area (Å²) in [6, 6.07) is 0. The molecule has 1 aromatic rings. The van der Waals surface area contributed by atoms with Gasteiger partial charge in [0.25, 0.3) is 0 Å². The first-order chi connectivity index (χ1) is 7.56. The van der Waals surface area contributed by atoms with E-state index < -0.39 is 0 Å². The average molecular weight is 203 g/mol. The topological polar surface area (TPSA) is 12.9 Å². The lowest BCUT2D eigenvalue weighted by molar-refractivity contribution is 0.819. The number of pyridine rings is 1. The van der Waals surface area contributed by atoms with Crippen molar-refractivity contribution in [3.8, 4) is 0 Å². The van der Waals surface area contributed by atoms with E-state index in [2.05, 4.69) is 40.0 Å². The Bertz CT molecular complexity index is 375. The third kappa shape index (κ3) is 2.24. The summed E-state index contributed by atoms with van der Waals surface area (Å²) in [4.78, 5) is 4.57. The van der Waals surface area contributed by atoms with Crippen molar-refractivity contribution in [1.82, 2.24) is 4.98 Å². The number of rotatable bonds is 3. The summed E-state index contributed by atoms with van der Waals surface area (Å²) in [6.45, 7) is 11.0. The Balaban J connectivity index is 3.51. The number of aryl methyl sites for hydroxylation is 2. The highest BCUT2D eigenvalue weighted by Crippen LogP contribution is 2.22. The van der Waals surface area contributed by atoms with Crippen molar-refractivity contribution < 1.29 is 1.37 Å². The maximum Gasteiger partial charge on any atom is 0.151 e. The Morgan fingerprint density at radius 3 is 2.47 bits per heavy atom. The predicted octanol–water partition coefficient (Wildman–Crippen LogP) is 2.76. The van der Waals surface area contributed by atoms with Gasteiger partial charge < -0.3 is 0 Å². The van der Waals surface area contributed by atoms with Gasteiger partial charge in [-0.15, -0.1) is 0 Å². The van der Waals surface area contributed by atoms with Crippen molar-refractivity contribution in [3.63, 3.8) is 0 Å². The minimum atomic E-state index is 0.270. The molecule has 0 spiro atoms. The zero-order valence-corrected chi connectivity index (χ0v) is 10.5. The van der Waals surface area contributed by atoms with Crippen molar-refractivity contribution in [2.75, 3.05) is 0 Å². The lowest BCUT2D eigenvalue weighted by Gasteiger charge is -2.19. The smallest absolute Gasteiger partial charge is 0.151 e. The van der Waals surface area contributed by atoms with Gasteiger partial charge in [0.05, 0.1) is 0 Å². The minimum absolute atomic E-state index is 0.270. The number of hydrogen-bond donors (Lipinski definition) is 0. The van der Waals surface area contributed by atoms with Gasteiger partial charge in [0, 0.05) is 12.8 Å². The molecule has 1 radical (unpaired) electrons. The van der Waals surface area contributed by atoms with Crippen LogP contribution in [0.25, 0.3) is 0 Å². The zero-order valence-electron chi connectivity index (χ0n) is 11.5. The normalized spacial score (nSPS) is 11.7. The van der Waals surface area contributed by atoms with Gasteiger partial charge in [-0.1, -0.05) is 33.1 Å². The molecule has 1 nitrogen and oxygen atoms in total. The van der Waals surface area contributed by atoms with E-state index in [9.17, 15) is 0 Å². The van der Waals surface area contributed by atoms with Crippen LogP contribution >= 0.6 is 0 Å². The first-order valence-corrected chi connectivity index (χ1v) is 5.67. The Morgan fingerprint density at radius 1 is 1.40 bits per heavy atom. The van der Waals surface area contributed by atoms with Crippen molar-refractivity contribution in [2.24, 2.45) is 0 Å². The largest absolute Gasteiger partial charge is 0.259 e. The van der Waals surface area contributed by atoms with Crippen LogP contribution in [-0.2, 0) is 6.42 Å². The molecule has 0 amide bonds. The van der Waals surface area contributed by atoms with Gasteiger partial charge in [-0.2, -0.15) is 0 Å². The molecule has 81 valence electrons. The molecule has 0 aliphatic heterocycles. The molecular weight excluding hydrogens is 181 g/mol. The lowest BCUT2D eigenvalue weighted by atomic mass is 9.68. The summed E-state index contributed by atoms with van der Waals surface area (Å²) < 4.78 is 7.55. The van der Waals surface area contributed by atoms with E-state index in [1.54, 1.807) is 0 Å². The van der Waals surface area contributed by atoms with Crippen molar-refractivity contribution in [3.05, 3.63) is 22.5 Å². The van der Waals surface area contributed by atoms with Crippen LogP contribution in [0.4, 0.5) is 0 Å². The van der Waals surface area contributed by atoms with Gasteiger partial charge in [-0.3, -0.25) is 4.98 Å². The first-order valence-electron chi connectivity index (χ1n) is 6.38. The van der Waals surface area contributed by atoms with Gasteiger partial charge in [-0.05, 0) is 37.3 Å². The Labute approximate surface area is 96.0 Å². The van der Waals surface area contributed by atoms with Crippen LogP contribution in [0.2, 0.25) is 6.82 Å². The average Bonchev–Trinajstić information content (AvgIpc) is 2.26. The van der Waals surface area contributed by atoms with Gasteiger partial charge in [0.2, 0.25) is 0 Å². The van der Waals surface area contributed by atoms with Crippen LogP contribution in [0.15, 0.2) is 0 Å². The molecule has 1 aromatic heterocycles. The van der Waals surface area contributed by atoms with E-state index in [-0.39, 0.29) is 6.90 Å². The molecule has 0 aliphatic rings. The maximum atomic E-state index is 7.55. The van der Waals surface area contributed by atoms with Crippen molar-refractivity contribution in [2.45, 2.75) is 53.8 Å². The van der Waals surface area contributed by atoms with E-state index in [0.717, 1.165) is 17.8 Å². The van der Waals surface area contributed by atoms with Crippen LogP contribution in [0, 0.1) is 13.8 Å². The molecule has 0 saturated carbocycles. The molecule has 0 aliphatic carbocycles. The molecular formula is C13H21BN. The van der Waals surface area contributed by atoms with Crippen LogP contribution in [0.1, 0.15) is 50.6 Å². The van der Waals surface area contributed by atoms with Gasteiger partial charge in [-0.25, -0.2) is 0 Å². The summed E-state index contributed by atoms with van der Waals surface area (Å²) in [5.74, 6) is 0.501. The van der Waals surface area contributed by atoms with Crippen LogP contribution in [-0.4, -0.2) is 12.3 Å². The molecule has 1 heterocycles. The molecule has 1 rings (SSSR count). The quantitative estimate of drug-likeness (QED) is 0.688. The molecule has 2 heteroatoms. The highest BCUT2D eigenvalue weighted by atomic mass is 14.7. The van der Waals surface area contributed by atoms with Gasteiger partial charge in [0.1, 0.15) is 0 Å². The molecule has 0 atom stereocenters. The van der Waals surface area contributed by atoms with Gasteiger partial charge in [0.15, 0.2) is 7.28 Å². The van der Waals surface area contributed by atoms with Crippen LogP contribution in [0.5, 0.6) is 0 Å².